The van der Waals surface area contributed by atoms with Crippen LogP contribution in [0.15, 0.2) is 29.8 Å². The topological polar surface area (TPSA) is 121 Å². The van der Waals surface area contributed by atoms with Crippen LogP contribution >= 0.6 is 0 Å². The maximum atomic E-state index is 12.0. The van der Waals surface area contributed by atoms with Crippen LogP contribution < -0.4 is 5.32 Å². The van der Waals surface area contributed by atoms with Gasteiger partial charge >= 0.3 is 11.9 Å². The molecule has 0 radical (unpaired) electrons. The third-order valence-corrected chi connectivity index (χ3v) is 6.58. The summed E-state index contributed by atoms with van der Waals surface area (Å²) in [4.78, 5) is 42.5. The van der Waals surface area contributed by atoms with E-state index in [4.69, 9.17) is 14.8 Å². The van der Waals surface area contributed by atoms with Crippen LogP contribution in [0.1, 0.15) is 56.2 Å². The number of aliphatic carboxylic acids is 1. The van der Waals surface area contributed by atoms with Gasteiger partial charge in [0.2, 0.25) is 5.91 Å². The second kappa shape index (κ2) is 10.6. The van der Waals surface area contributed by atoms with Crippen molar-refractivity contribution in [2.75, 3.05) is 13.7 Å². The van der Waals surface area contributed by atoms with E-state index in [-0.39, 0.29) is 30.6 Å². The quantitative estimate of drug-likeness (QED) is 0.391. The molecule has 3 atom stereocenters. The number of amides is 1. The van der Waals surface area contributed by atoms with Gasteiger partial charge in [-0.1, -0.05) is 25.5 Å². The molecule has 1 aromatic heterocycles. The number of imidazole rings is 1. The molecule has 1 amide bonds. The number of nitrogens with zero attached hydrogens (tertiary/aromatic N) is 1. The van der Waals surface area contributed by atoms with E-state index in [1.807, 2.05) is 6.07 Å². The van der Waals surface area contributed by atoms with Gasteiger partial charge in [0.05, 0.1) is 30.1 Å². The highest BCUT2D eigenvalue weighted by Crippen LogP contribution is 2.38. The highest BCUT2D eigenvalue weighted by Gasteiger charge is 2.32. The smallest absolute Gasteiger partial charge is 0.337 e. The zero-order valence-corrected chi connectivity index (χ0v) is 19.7. The fourth-order valence-electron chi connectivity index (χ4n) is 4.69. The summed E-state index contributed by atoms with van der Waals surface area (Å²) >= 11 is 0. The molecule has 3 rings (SSSR count). The summed E-state index contributed by atoms with van der Waals surface area (Å²) < 4.78 is 4.80. The molecule has 0 spiro atoms. The molecule has 3 N–H and O–H groups in total. The number of aromatic nitrogens is 2. The molecule has 0 saturated heterocycles. The lowest BCUT2D eigenvalue weighted by Crippen LogP contribution is -2.37. The van der Waals surface area contributed by atoms with E-state index in [1.165, 1.54) is 12.7 Å². The average molecular weight is 456 g/mol. The maximum absolute atomic E-state index is 12.0. The van der Waals surface area contributed by atoms with Crippen molar-refractivity contribution in [3.63, 3.8) is 0 Å². The standard InChI is InChI=1S/C25H33N3O5/c1-14(2)19-10-17(15(3)9-18(19)13-26-23(29)7-8-24(30)31)12-22-27-20-6-5-16(25(32)33-4)11-21(20)28-22/h5-6,9,11,14,17-19H,7-8,10,12-13H2,1-4H3,(H,26,29)(H,27,28)(H,30,31). The number of methoxy groups -OCH3 is 1. The minimum atomic E-state index is -0.964. The lowest BCUT2D eigenvalue weighted by atomic mass is 9.70. The zero-order valence-electron chi connectivity index (χ0n) is 19.7. The fourth-order valence-corrected chi connectivity index (χ4v) is 4.69. The number of fused-ring (bicyclic) bond motifs is 1. The molecule has 8 heteroatoms. The third-order valence-electron chi connectivity index (χ3n) is 6.58. The number of rotatable bonds is 9. The van der Waals surface area contributed by atoms with Crippen LogP contribution in [0.25, 0.3) is 11.0 Å². The molecule has 1 aliphatic rings. The van der Waals surface area contributed by atoms with Gasteiger partial charge in [-0.2, -0.15) is 0 Å². The predicted molar refractivity (Wildman–Crippen MR) is 125 cm³/mol. The van der Waals surface area contributed by atoms with Crippen molar-refractivity contribution in [2.24, 2.45) is 23.7 Å². The van der Waals surface area contributed by atoms with Gasteiger partial charge < -0.3 is 20.1 Å². The highest BCUT2D eigenvalue weighted by atomic mass is 16.5. The predicted octanol–water partition coefficient (Wildman–Crippen LogP) is 3.73. The molecule has 1 heterocycles. The Morgan fingerprint density at radius 2 is 2.03 bits per heavy atom. The van der Waals surface area contributed by atoms with Crippen molar-refractivity contribution < 1.29 is 24.2 Å². The van der Waals surface area contributed by atoms with Crippen molar-refractivity contribution in [3.8, 4) is 0 Å². The van der Waals surface area contributed by atoms with Crippen LogP contribution in [0, 0.1) is 23.7 Å². The number of carboxylic acids is 1. The van der Waals surface area contributed by atoms with Crippen LogP contribution in [0.5, 0.6) is 0 Å². The van der Waals surface area contributed by atoms with Gasteiger partial charge in [-0.15, -0.1) is 0 Å². The number of allylic oxidation sites excluding steroid dienone is 1. The number of carbonyl (C=O) groups excluding carboxylic acids is 2. The monoisotopic (exact) mass is 455 g/mol. The van der Waals surface area contributed by atoms with Gasteiger partial charge in [0.15, 0.2) is 0 Å². The number of carbonyl (C=O) groups is 3. The first kappa shape index (κ1) is 24.5. The van der Waals surface area contributed by atoms with E-state index >= 15 is 0 Å². The van der Waals surface area contributed by atoms with Gasteiger partial charge in [0.1, 0.15) is 5.82 Å². The van der Waals surface area contributed by atoms with Gasteiger partial charge in [0, 0.05) is 19.4 Å². The lowest BCUT2D eigenvalue weighted by Gasteiger charge is -2.37. The molecule has 0 aliphatic heterocycles. The Morgan fingerprint density at radius 3 is 2.70 bits per heavy atom. The summed E-state index contributed by atoms with van der Waals surface area (Å²) in [5, 5.41) is 11.7. The van der Waals surface area contributed by atoms with Crippen LogP contribution in [0.2, 0.25) is 0 Å². The van der Waals surface area contributed by atoms with Crippen LogP contribution in [-0.4, -0.2) is 46.6 Å². The van der Waals surface area contributed by atoms with E-state index in [0.717, 1.165) is 29.7 Å². The van der Waals surface area contributed by atoms with Crippen molar-refractivity contribution in [1.29, 1.82) is 0 Å². The SMILES string of the molecule is COC(=O)c1ccc2nc(CC3CC(C(C)C)C(CNC(=O)CCC(=O)O)C=C3C)[nH]c2c1. The molecule has 3 unspecified atom stereocenters. The van der Waals surface area contributed by atoms with Gasteiger partial charge in [-0.05, 0) is 55.2 Å². The van der Waals surface area contributed by atoms with Crippen LogP contribution in [0.3, 0.4) is 0 Å². The van der Waals surface area contributed by atoms with Gasteiger partial charge in [-0.25, -0.2) is 9.78 Å². The number of nitrogens with one attached hydrogen (secondary N) is 2. The van der Waals surface area contributed by atoms with Crippen molar-refractivity contribution in [3.05, 3.63) is 41.2 Å². The molecule has 2 aromatic rings. The molecule has 0 saturated carbocycles. The first-order chi connectivity index (χ1) is 15.7. The van der Waals surface area contributed by atoms with E-state index in [9.17, 15) is 14.4 Å². The molecule has 178 valence electrons. The van der Waals surface area contributed by atoms with Gasteiger partial charge in [-0.3, -0.25) is 9.59 Å². The second-order valence-corrected chi connectivity index (χ2v) is 9.22. The Balaban J connectivity index is 1.70. The molecule has 0 bridgehead atoms. The van der Waals surface area contributed by atoms with Crippen molar-refractivity contribution in [2.45, 2.75) is 46.5 Å². The number of aromatic amines is 1. The van der Waals surface area contributed by atoms with Crippen LogP contribution in [-0.2, 0) is 20.7 Å². The summed E-state index contributed by atoms with van der Waals surface area (Å²) in [6, 6.07) is 5.31. The minimum absolute atomic E-state index is 0.00344. The molecule has 1 aromatic carbocycles. The third kappa shape index (κ3) is 6.21. The number of ether oxygens (including phenoxy) is 1. The summed E-state index contributed by atoms with van der Waals surface area (Å²) in [5.74, 6) is 0.707. The average Bonchev–Trinajstić information content (AvgIpc) is 3.18. The lowest BCUT2D eigenvalue weighted by molar-refractivity contribution is -0.138. The molecule has 8 nitrogen and oxygen atoms in total. The Morgan fingerprint density at radius 1 is 1.27 bits per heavy atom. The van der Waals surface area contributed by atoms with Crippen LogP contribution in [0.4, 0.5) is 0 Å². The van der Waals surface area contributed by atoms with E-state index < -0.39 is 5.97 Å². The summed E-state index contributed by atoms with van der Waals surface area (Å²) in [5.41, 5.74) is 3.39. The number of hydrogen-bond acceptors (Lipinski definition) is 5. The van der Waals surface area contributed by atoms with Gasteiger partial charge in [0.25, 0.3) is 0 Å². The normalized spacial score (nSPS) is 20.5. The van der Waals surface area contributed by atoms with Crippen molar-refractivity contribution >= 4 is 28.9 Å². The molecular formula is C25H33N3O5. The Hall–Kier alpha value is -3.16. The number of carboxylic acid groups (broad SMARTS) is 1. The number of hydrogen-bond donors (Lipinski definition) is 3. The molecule has 33 heavy (non-hydrogen) atoms. The largest absolute Gasteiger partial charge is 0.481 e. The minimum Gasteiger partial charge on any atom is -0.481 e. The number of esters is 1. The van der Waals surface area contributed by atoms with E-state index in [2.05, 4.69) is 37.1 Å². The van der Waals surface area contributed by atoms with E-state index in [1.54, 1.807) is 12.1 Å². The first-order valence-corrected chi connectivity index (χ1v) is 11.4. The first-order valence-electron chi connectivity index (χ1n) is 11.4. The Kier molecular flexibility index (Phi) is 7.89. The summed E-state index contributed by atoms with van der Waals surface area (Å²) in [7, 11) is 1.36. The van der Waals surface area contributed by atoms with Crippen molar-refractivity contribution in [1.82, 2.24) is 15.3 Å². The zero-order chi connectivity index (χ0) is 24.1. The highest BCUT2D eigenvalue weighted by molar-refractivity contribution is 5.93. The molecule has 0 fully saturated rings. The summed E-state index contributed by atoms with van der Waals surface area (Å²) in [6.45, 7) is 7.04. The Bertz CT molecular complexity index is 1060. The summed E-state index contributed by atoms with van der Waals surface area (Å²) in [6.07, 6.45) is 3.86. The molecule has 1 aliphatic carbocycles. The maximum Gasteiger partial charge on any atom is 0.337 e. The molecular weight excluding hydrogens is 422 g/mol. The number of benzene rings is 1. The fraction of sp³-hybridized carbons (Fsp3) is 0.520. The Labute approximate surface area is 193 Å². The van der Waals surface area contributed by atoms with E-state index in [0.29, 0.717) is 29.9 Å². The number of H-pyrrole nitrogens is 1. The second-order valence-electron chi connectivity index (χ2n) is 9.22.